The highest BCUT2D eigenvalue weighted by Crippen LogP contribution is 2.36. The molecule has 1 aromatic heterocycles. The number of nitrogens with one attached hydrogen (secondary N) is 1. The van der Waals surface area contributed by atoms with Gasteiger partial charge in [-0.25, -0.2) is 4.79 Å². The van der Waals surface area contributed by atoms with Crippen molar-refractivity contribution in [3.05, 3.63) is 61.9 Å². The molecule has 0 spiro atoms. The van der Waals surface area contributed by atoms with E-state index in [0.29, 0.717) is 9.90 Å². The van der Waals surface area contributed by atoms with Gasteiger partial charge in [-0.05, 0) is 18.2 Å². The summed E-state index contributed by atoms with van der Waals surface area (Å²) in [5.41, 5.74) is -0.00389. The molecule has 4 nitrogen and oxygen atoms in total. The first kappa shape index (κ1) is 17.0. The van der Waals surface area contributed by atoms with Crippen molar-refractivity contribution in [2.45, 2.75) is 0 Å². The highest BCUT2D eigenvalue weighted by Gasteiger charge is 2.19. The number of hydrogen-bond donors (Lipinski definition) is 2. The van der Waals surface area contributed by atoms with E-state index in [2.05, 4.69) is 5.32 Å². The number of carboxylic acids is 1. The van der Waals surface area contributed by atoms with E-state index in [1.165, 1.54) is 23.5 Å². The van der Waals surface area contributed by atoms with Crippen molar-refractivity contribution in [3.8, 4) is 0 Å². The van der Waals surface area contributed by atoms with Crippen LogP contribution in [0.2, 0.25) is 15.1 Å². The molecule has 3 rings (SSSR count). The van der Waals surface area contributed by atoms with Crippen molar-refractivity contribution in [1.82, 2.24) is 0 Å². The molecule has 0 fully saturated rings. The van der Waals surface area contributed by atoms with Gasteiger partial charge in [0.2, 0.25) is 0 Å². The quantitative estimate of drug-likeness (QED) is 0.583. The maximum absolute atomic E-state index is 12.5. The minimum absolute atomic E-state index is 0.00889. The Kier molecular flexibility index (Phi) is 4.69. The van der Waals surface area contributed by atoms with E-state index in [1.54, 1.807) is 0 Å². The van der Waals surface area contributed by atoms with Gasteiger partial charge >= 0.3 is 5.97 Å². The number of carbonyl (C=O) groups is 2. The van der Waals surface area contributed by atoms with E-state index in [4.69, 9.17) is 39.9 Å². The highest BCUT2D eigenvalue weighted by molar-refractivity contribution is 7.21. The summed E-state index contributed by atoms with van der Waals surface area (Å²) >= 11 is 19.4. The molecule has 122 valence electrons. The summed E-state index contributed by atoms with van der Waals surface area (Å²) in [4.78, 5) is 24.0. The number of fused-ring (bicyclic) bond motifs is 1. The predicted octanol–water partition coefficient (Wildman–Crippen LogP) is 5.81. The molecule has 24 heavy (non-hydrogen) atoms. The van der Waals surface area contributed by atoms with Crippen molar-refractivity contribution < 1.29 is 14.7 Å². The number of halogens is 3. The van der Waals surface area contributed by atoms with Gasteiger partial charge in [-0.3, -0.25) is 4.79 Å². The summed E-state index contributed by atoms with van der Waals surface area (Å²) < 4.78 is 0.876. The fourth-order valence-electron chi connectivity index (χ4n) is 2.15. The summed E-state index contributed by atoms with van der Waals surface area (Å²) in [6, 6.07) is 9.86. The molecule has 0 radical (unpaired) electrons. The molecule has 0 aliphatic rings. The minimum atomic E-state index is -1.22. The Bertz CT molecular complexity index is 984. The zero-order valence-electron chi connectivity index (χ0n) is 11.8. The van der Waals surface area contributed by atoms with Gasteiger partial charge in [0.15, 0.2) is 0 Å². The van der Waals surface area contributed by atoms with Gasteiger partial charge < -0.3 is 10.4 Å². The molecule has 3 aromatic rings. The molecule has 0 bridgehead atoms. The Hall–Kier alpha value is -1.79. The monoisotopic (exact) mass is 399 g/mol. The molecule has 0 saturated carbocycles. The van der Waals surface area contributed by atoms with Gasteiger partial charge in [-0.1, -0.05) is 53.0 Å². The van der Waals surface area contributed by atoms with E-state index >= 15 is 0 Å². The number of carbonyl (C=O) groups excluding carboxylic acids is 1. The molecule has 0 unspecified atom stereocenters. The van der Waals surface area contributed by atoms with Crippen LogP contribution in [0.3, 0.4) is 0 Å². The highest BCUT2D eigenvalue weighted by atomic mass is 35.5. The summed E-state index contributed by atoms with van der Waals surface area (Å²) in [5.74, 6) is -1.69. The number of thiophene rings is 1. The third kappa shape index (κ3) is 3.08. The molecule has 0 aliphatic carbocycles. The van der Waals surface area contributed by atoms with Crippen LogP contribution in [0.1, 0.15) is 20.0 Å². The van der Waals surface area contributed by atoms with Crippen LogP contribution in [0.5, 0.6) is 0 Å². The van der Waals surface area contributed by atoms with Gasteiger partial charge in [0.05, 0.1) is 26.3 Å². The van der Waals surface area contributed by atoms with E-state index < -0.39 is 11.9 Å². The average Bonchev–Trinajstić information content (AvgIpc) is 2.87. The molecular weight excluding hydrogens is 393 g/mol. The third-order valence-electron chi connectivity index (χ3n) is 3.28. The van der Waals surface area contributed by atoms with Crippen molar-refractivity contribution >= 4 is 73.8 Å². The first-order chi connectivity index (χ1) is 11.4. The van der Waals surface area contributed by atoms with Crippen LogP contribution in [0.4, 0.5) is 5.69 Å². The second kappa shape index (κ2) is 6.61. The Labute approximate surface area is 155 Å². The van der Waals surface area contributed by atoms with Gasteiger partial charge in [-0.15, -0.1) is 11.3 Å². The van der Waals surface area contributed by atoms with E-state index in [-0.39, 0.29) is 21.3 Å². The number of benzene rings is 2. The standard InChI is InChI=1S/C16H8Cl3NO3S/c17-9-6-10(18)11(5-8(9)16(22)23)20-15(21)14-13(19)7-3-1-2-4-12(7)24-14/h1-6H,(H,20,21)(H,22,23). The molecule has 1 amide bonds. The Morgan fingerprint density at radius 1 is 1.04 bits per heavy atom. The molecule has 2 aromatic carbocycles. The molecule has 1 heterocycles. The normalized spacial score (nSPS) is 10.8. The summed E-state index contributed by atoms with van der Waals surface area (Å²) in [7, 11) is 0. The number of aromatic carboxylic acids is 1. The fraction of sp³-hybridized carbons (Fsp3) is 0. The number of amides is 1. The van der Waals surface area contributed by atoms with Crippen LogP contribution in [0.25, 0.3) is 10.1 Å². The zero-order valence-corrected chi connectivity index (χ0v) is 14.9. The predicted molar refractivity (Wildman–Crippen MR) is 98.2 cm³/mol. The number of hydrogen-bond acceptors (Lipinski definition) is 3. The van der Waals surface area contributed by atoms with Crippen molar-refractivity contribution in [2.24, 2.45) is 0 Å². The van der Waals surface area contributed by atoms with E-state index in [1.807, 2.05) is 24.3 Å². The lowest BCUT2D eigenvalue weighted by Gasteiger charge is -2.09. The van der Waals surface area contributed by atoms with Crippen LogP contribution in [-0.4, -0.2) is 17.0 Å². The van der Waals surface area contributed by atoms with Gasteiger partial charge in [0.1, 0.15) is 4.88 Å². The molecule has 2 N–H and O–H groups in total. The lowest BCUT2D eigenvalue weighted by molar-refractivity contribution is 0.0696. The van der Waals surface area contributed by atoms with Gasteiger partial charge in [-0.2, -0.15) is 0 Å². The number of carboxylic acid groups (broad SMARTS) is 1. The van der Waals surface area contributed by atoms with Crippen molar-refractivity contribution in [2.75, 3.05) is 5.32 Å². The largest absolute Gasteiger partial charge is 0.478 e. The Balaban J connectivity index is 1.98. The first-order valence-electron chi connectivity index (χ1n) is 6.59. The second-order valence-electron chi connectivity index (χ2n) is 4.81. The fourth-order valence-corrected chi connectivity index (χ4v) is 4.07. The first-order valence-corrected chi connectivity index (χ1v) is 8.54. The number of anilines is 1. The van der Waals surface area contributed by atoms with Crippen LogP contribution < -0.4 is 5.32 Å². The SMILES string of the molecule is O=C(O)c1cc(NC(=O)c2sc3ccccc3c2Cl)c(Cl)cc1Cl. The number of rotatable bonds is 3. The lowest BCUT2D eigenvalue weighted by atomic mass is 10.2. The molecule has 0 atom stereocenters. The molecule has 0 aliphatic heterocycles. The van der Waals surface area contributed by atoms with Gasteiger partial charge in [0.25, 0.3) is 5.91 Å². The summed E-state index contributed by atoms with van der Waals surface area (Å²) in [6.07, 6.45) is 0. The zero-order chi connectivity index (χ0) is 17.4. The second-order valence-corrected chi connectivity index (χ2v) is 7.06. The maximum atomic E-state index is 12.5. The Morgan fingerprint density at radius 2 is 1.75 bits per heavy atom. The van der Waals surface area contributed by atoms with Crippen molar-refractivity contribution in [3.63, 3.8) is 0 Å². The summed E-state index contributed by atoms with van der Waals surface area (Å²) in [5, 5.41) is 12.9. The molecule has 8 heteroatoms. The van der Waals surface area contributed by atoms with E-state index in [9.17, 15) is 9.59 Å². The minimum Gasteiger partial charge on any atom is -0.478 e. The van der Waals surface area contributed by atoms with Crippen LogP contribution >= 0.6 is 46.1 Å². The van der Waals surface area contributed by atoms with Crippen LogP contribution in [-0.2, 0) is 0 Å². The van der Waals surface area contributed by atoms with E-state index in [0.717, 1.165) is 10.1 Å². The van der Waals surface area contributed by atoms with Crippen molar-refractivity contribution in [1.29, 1.82) is 0 Å². The van der Waals surface area contributed by atoms with Gasteiger partial charge in [0, 0.05) is 10.1 Å². The lowest BCUT2D eigenvalue weighted by Crippen LogP contribution is -2.12. The van der Waals surface area contributed by atoms with Crippen LogP contribution in [0, 0.1) is 0 Å². The average molecular weight is 401 g/mol. The van der Waals surface area contributed by atoms with Crippen LogP contribution in [0.15, 0.2) is 36.4 Å². The molecule has 0 saturated heterocycles. The maximum Gasteiger partial charge on any atom is 0.337 e. The Morgan fingerprint density at radius 3 is 2.42 bits per heavy atom. The third-order valence-corrected chi connectivity index (χ3v) is 5.58. The summed E-state index contributed by atoms with van der Waals surface area (Å²) in [6.45, 7) is 0. The topological polar surface area (TPSA) is 66.4 Å². The molecular formula is C16H8Cl3NO3S. The smallest absolute Gasteiger partial charge is 0.337 e.